The average molecular weight is 362 g/mol. The van der Waals surface area contributed by atoms with Crippen molar-refractivity contribution in [2.75, 3.05) is 6.61 Å². The third-order valence-electron chi connectivity index (χ3n) is 3.14. The van der Waals surface area contributed by atoms with E-state index in [2.05, 4.69) is 10.2 Å². The van der Waals surface area contributed by atoms with Gasteiger partial charge in [0, 0.05) is 5.02 Å². The molecule has 0 saturated heterocycles. The van der Waals surface area contributed by atoms with Gasteiger partial charge in [0.1, 0.15) is 0 Å². The van der Waals surface area contributed by atoms with E-state index in [1.165, 1.54) is 16.1 Å². The fourth-order valence-electron chi connectivity index (χ4n) is 1.99. The third-order valence-corrected chi connectivity index (χ3v) is 4.29. The number of rotatable bonds is 5. The van der Waals surface area contributed by atoms with Crippen LogP contribution in [-0.2, 0) is 4.74 Å². The Morgan fingerprint density at radius 1 is 1.25 bits per heavy atom. The number of aryl methyl sites for hydroxylation is 1. The molecule has 0 fully saturated rings. The predicted octanol–water partition coefficient (Wildman–Crippen LogP) is 3.33. The van der Waals surface area contributed by atoms with Gasteiger partial charge >= 0.3 is 5.97 Å². The van der Waals surface area contributed by atoms with Crippen molar-refractivity contribution in [1.82, 2.24) is 15.0 Å². The molecule has 0 bridgehead atoms. The molecule has 2 aromatic heterocycles. The van der Waals surface area contributed by atoms with Gasteiger partial charge in [-0.1, -0.05) is 23.7 Å². The number of hydrogen-bond donors (Lipinski definition) is 0. The van der Waals surface area contributed by atoms with Gasteiger partial charge in [-0.25, -0.2) is 4.79 Å². The number of benzene rings is 1. The van der Waals surface area contributed by atoms with Gasteiger partial charge in [-0.05, 0) is 36.6 Å². The van der Waals surface area contributed by atoms with Crippen molar-refractivity contribution in [3.05, 3.63) is 63.1 Å². The molecule has 0 radical (unpaired) electrons. The fraction of sp³-hybridized carbons (Fsp3) is 0.125. The van der Waals surface area contributed by atoms with E-state index in [0.717, 1.165) is 0 Å². The van der Waals surface area contributed by atoms with Gasteiger partial charge in [0.25, 0.3) is 0 Å². The van der Waals surface area contributed by atoms with Crippen LogP contribution in [0.5, 0.6) is 0 Å². The molecule has 1 aromatic carbocycles. The van der Waals surface area contributed by atoms with E-state index >= 15 is 0 Å². The fourth-order valence-corrected chi connectivity index (χ4v) is 2.83. The summed E-state index contributed by atoms with van der Waals surface area (Å²) in [4.78, 5) is 25.9. The van der Waals surface area contributed by atoms with Gasteiger partial charge < -0.3 is 4.74 Å². The number of carbonyl (C=O) groups is 2. The molecule has 122 valence electrons. The molecule has 3 aromatic rings. The molecule has 3 rings (SSSR count). The number of Topliss-reactive ketones (excluding diaryl/α,β-unsaturated/α-hetero) is 1. The summed E-state index contributed by atoms with van der Waals surface area (Å²) in [7, 11) is 0. The van der Waals surface area contributed by atoms with Crippen LogP contribution >= 0.6 is 22.9 Å². The number of ether oxygens (including phenoxy) is 1. The minimum absolute atomic E-state index is 0.0638. The Morgan fingerprint density at radius 2 is 2.08 bits per heavy atom. The van der Waals surface area contributed by atoms with Gasteiger partial charge in [0.2, 0.25) is 5.78 Å². The number of esters is 1. The van der Waals surface area contributed by atoms with Crippen LogP contribution < -0.4 is 0 Å². The first-order valence-corrected chi connectivity index (χ1v) is 8.24. The first kappa shape index (κ1) is 16.4. The zero-order chi connectivity index (χ0) is 17.1. The number of carbonyl (C=O) groups excluding carboxylic acids is 2. The molecule has 2 heterocycles. The first-order chi connectivity index (χ1) is 11.5. The Labute approximate surface area is 146 Å². The Bertz CT molecular complexity index is 890. The van der Waals surface area contributed by atoms with Crippen molar-refractivity contribution in [1.29, 1.82) is 0 Å². The molecule has 0 aliphatic rings. The minimum atomic E-state index is -0.689. The third kappa shape index (κ3) is 3.52. The Balaban J connectivity index is 1.72. The van der Waals surface area contributed by atoms with Crippen LogP contribution in [-0.4, -0.2) is 33.4 Å². The van der Waals surface area contributed by atoms with Crippen molar-refractivity contribution in [2.24, 2.45) is 0 Å². The van der Waals surface area contributed by atoms with Gasteiger partial charge in [-0.2, -0.15) is 9.90 Å². The first-order valence-electron chi connectivity index (χ1n) is 6.98. The predicted molar refractivity (Wildman–Crippen MR) is 90.0 cm³/mol. The standard InChI is InChI=1S/C16H12ClN3O3S/c1-10-15(16(22)23-9-13(21)14-6-3-7-24-14)19-20(18-10)12-5-2-4-11(17)8-12/h2-8H,9H2,1H3. The van der Waals surface area contributed by atoms with E-state index in [0.29, 0.717) is 21.3 Å². The van der Waals surface area contributed by atoms with Crippen molar-refractivity contribution in [2.45, 2.75) is 6.92 Å². The van der Waals surface area contributed by atoms with Crippen molar-refractivity contribution in [3.63, 3.8) is 0 Å². The summed E-state index contributed by atoms with van der Waals surface area (Å²) in [5.74, 6) is -0.941. The highest BCUT2D eigenvalue weighted by Gasteiger charge is 2.19. The number of aromatic nitrogens is 3. The van der Waals surface area contributed by atoms with Crippen molar-refractivity contribution in [3.8, 4) is 5.69 Å². The zero-order valence-corrected chi connectivity index (χ0v) is 14.2. The van der Waals surface area contributed by atoms with E-state index < -0.39 is 5.97 Å². The molecule has 0 unspecified atom stereocenters. The summed E-state index contributed by atoms with van der Waals surface area (Å²) in [6, 6.07) is 10.4. The highest BCUT2D eigenvalue weighted by Crippen LogP contribution is 2.15. The smallest absolute Gasteiger partial charge is 0.361 e. The van der Waals surface area contributed by atoms with Crippen LogP contribution in [0.4, 0.5) is 0 Å². The molecule has 0 atom stereocenters. The lowest BCUT2D eigenvalue weighted by Gasteiger charge is -2.01. The van der Waals surface area contributed by atoms with Gasteiger partial charge in [-0.3, -0.25) is 4.79 Å². The topological polar surface area (TPSA) is 74.1 Å². The largest absolute Gasteiger partial charge is 0.452 e. The second-order valence-corrected chi connectivity index (χ2v) is 6.26. The Hall–Kier alpha value is -2.51. The summed E-state index contributed by atoms with van der Waals surface area (Å²) in [5, 5.41) is 10.6. The maximum Gasteiger partial charge on any atom is 0.361 e. The lowest BCUT2D eigenvalue weighted by Crippen LogP contribution is -2.14. The van der Waals surface area contributed by atoms with E-state index in [9.17, 15) is 9.59 Å². The molecule has 6 nitrogen and oxygen atoms in total. The van der Waals surface area contributed by atoms with Gasteiger partial charge in [0.15, 0.2) is 12.3 Å². The van der Waals surface area contributed by atoms with Crippen LogP contribution in [0, 0.1) is 6.92 Å². The van der Waals surface area contributed by atoms with Crippen molar-refractivity contribution < 1.29 is 14.3 Å². The number of halogens is 1. The second kappa shape index (κ2) is 6.94. The van der Waals surface area contributed by atoms with E-state index in [1.54, 1.807) is 48.7 Å². The molecule has 0 aliphatic heterocycles. The molecule has 0 spiro atoms. The van der Waals surface area contributed by atoms with Crippen LogP contribution in [0.2, 0.25) is 5.02 Å². The van der Waals surface area contributed by atoms with Gasteiger partial charge in [0.05, 0.1) is 16.3 Å². The molecule has 8 heteroatoms. The summed E-state index contributed by atoms with van der Waals surface area (Å²) >= 11 is 7.24. The molecule has 0 saturated carbocycles. The molecule has 0 N–H and O–H groups in total. The number of thiophene rings is 1. The quantitative estimate of drug-likeness (QED) is 0.514. The molecular formula is C16H12ClN3O3S. The van der Waals surface area contributed by atoms with Gasteiger partial charge in [-0.15, -0.1) is 16.4 Å². The van der Waals surface area contributed by atoms with Crippen LogP contribution in [0.3, 0.4) is 0 Å². The normalized spacial score (nSPS) is 10.6. The van der Waals surface area contributed by atoms with E-state index in [1.807, 2.05) is 0 Å². The number of ketones is 1. The summed E-state index contributed by atoms with van der Waals surface area (Å²) in [6.07, 6.45) is 0. The summed E-state index contributed by atoms with van der Waals surface area (Å²) < 4.78 is 5.04. The van der Waals surface area contributed by atoms with Crippen LogP contribution in [0.1, 0.15) is 25.9 Å². The highest BCUT2D eigenvalue weighted by molar-refractivity contribution is 7.12. The lowest BCUT2D eigenvalue weighted by atomic mass is 10.3. The Morgan fingerprint density at radius 3 is 2.79 bits per heavy atom. The van der Waals surface area contributed by atoms with Crippen molar-refractivity contribution >= 4 is 34.7 Å². The molecular weight excluding hydrogens is 350 g/mol. The molecule has 0 aliphatic carbocycles. The summed E-state index contributed by atoms with van der Waals surface area (Å²) in [6.45, 7) is 1.31. The summed E-state index contributed by atoms with van der Waals surface area (Å²) in [5.41, 5.74) is 1.09. The SMILES string of the molecule is Cc1nn(-c2cccc(Cl)c2)nc1C(=O)OCC(=O)c1cccs1. The maximum atomic E-state index is 12.1. The molecule has 0 amide bonds. The van der Waals surface area contributed by atoms with E-state index in [4.69, 9.17) is 16.3 Å². The Kier molecular flexibility index (Phi) is 4.73. The zero-order valence-electron chi connectivity index (χ0n) is 12.6. The minimum Gasteiger partial charge on any atom is -0.452 e. The maximum absolute atomic E-state index is 12.1. The number of nitrogens with zero attached hydrogens (tertiary/aromatic N) is 3. The number of hydrogen-bond acceptors (Lipinski definition) is 6. The molecule has 24 heavy (non-hydrogen) atoms. The van der Waals surface area contributed by atoms with E-state index in [-0.39, 0.29) is 18.1 Å². The second-order valence-electron chi connectivity index (χ2n) is 4.88. The van der Waals surface area contributed by atoms with Crippen LogP contribution in [0.15, 0.2) is 41.8 Å². The van der Waals surface area contributed by atoms with Crippen LogP contribution in [0.25, 0.3) is 5.69 Å². The highest BCUT2D eigenvalue weighted by atomic mass is 35.5. The lowest BCUT2D eigenvalue weighted by molar-refractivity contribution is 0.0468. The monoisotopic (exact) mass is 361 g/mol. The average Bonchev–Trinajstić information content (AvgIpc) is 3.22.